The van der Waals surface area contributed by atoms with Crippen LogP contribution in [0.1, 0.15) is 63.5 Å². The molecule has 1 amide bonds. The molecular formula is C23H22F3N3O2S. The number of benzene rings is 1. The highest BCUT2D eigenvalue weighted by atomic mass is 32.1. The van der Waals surface area contributed by atoms with Crippen LogP contribution in [0, 0.1) is 5.92 Å². The molecule has 9 heteroatoms. The van der Waals surface area contributed by atoms with Crippen molar-refractivity contribution in [2.75, 3.05) is 11.1 Å². The van der Waals surface area contributed by atoms with Crippen molar-refractivity contribution in [2.24, 2.45) is 5.92 Å². The van der Waals surface area contributed by atoms with Gasteiger partial charge in [0.1, 0.15) is 9.71 Å². The summed E-state index contributed by atoms with van der Waals surface area (Å²) in [6, 6.07) is 6.24. The summed E-state index contributed by atoms with van der Waals surface area (Å²) >= 11 is 0.867. The number of rotatable bonds is 4. The maximum Gasteiger partial charge on any atom is 0.417 e. The summed E-state index contributed by atoms with van der Waals surface area (Å²) in [4.78, 5) is 28.8. The number of nitrogens with one attached hydrogen (secondary N) is 1. The molecule has 3 N–H and O–H groups in total. The Labute approximate surface area is 186 Å². The van der Waals surface area contributed by atoms with E-state index in [1.165, 1.54) is 6.92 Å². The molecule has 2 aromatic heterocycles. The van der Waals surface area contributed by atoms with Crippen LogP contribution in [0.25, 0.3) is 10.2 Å². The summed E-state index contributed by atoms with van der Waals surface area (Å²) in [5, 5.41) is 2.46. The summed E-state index contributed by atoms with van der Waals surface area (Å²) in [5.74, 6) is -0.557. The standard InChI is InChI=1S/C23H22F3N3O2S/c1-3-12-4-9-16-15(10-12)18(23(24,25)26)17-19(27)20(32-22(17)29-16)21(31)28-14-7-5-13(6-8-14)11(2)30/h5-8,12H,3-4,9-10,27H2,1-2H3,(H,28,31)/t12-/m0/s1. The number of Topliss-reactive ketones (excluding diaryl/α,β-unsaturated/α-hetero) is 1. The first-order valence-electron chi connectivity index (χ1n) is 10.3. The van der Waals surface area contributed by atoms with Gasteiger partial charge in [-0.3, -0.25) is 9.59 Å². The Bertz CT molecular complexity index is 1220. The van der Waals surface area contributed by atoms with Gasteiger partial charge in [0, 0.05) is 22.3 Å². The van der Waals surface area contributed by atoms with E-state index in [0.29, 0.717) is 29.8 Å². The zero-order chi connectivity index (χ0) is 23.2. The minimum Gasteiger partial charge on any atom is -0.397 e. The molecular weight excluding hydrogens is 439 g/mol. The number of carbonyl (C=O) groups excluding carboxylic acids is 2. The van der Waals surface area contributed by atoms with Gasteiger partial charge < -0.3 is 11.1 Å². The van der Waals surface area contributed by atoms with Gasteiger partial charge in [-0.25, -0.2) is 4.98 Å². The maximum atomic E-state index is 14.2. The summed E-state index contributed by atoms with van der Waals surface area (Å²) in [5.41, 5.74) is 6.71. The fourth-order valence-corrected chi connectivity index (χ4v) is 5.22. The number of nitrogens with zero attached hydrogens (tertiary/aromatic N) is 1. The second-order valence-corrected chi connectivity index (χ2v) is 9.04. The van der Waals surface area contributed by atoms with E-state index in [9.17, 15) is 22.8 Å². The van der Waals surface area contributed by atoms with Crippen LogP contribution in [-0.4, -0.2) is 16.7 Å². The number of hydrogen-bond acceptors (Lipinski definition) is 5. The lowest BCUT2D eigenvalue weighted by Crippen LogP contribution is -2.21. The second kappa shape index (κ2) is 8.20. The Morgan fingerprint density at radius 2 is 1.94 bits per heavy atom. The average molecular weight is 462 g/mol. The first-order chi connectivity index (χ1) is 15.1. The Balaban J connectivity index is 1.78. The molecule has 168 valence electrons. The molecule has 4 rings (SSSR count). The molecule has 1 aliphatic rings. The van der Waals surface area contributed by atoms with Crippen LogP contribution < -0.4 is 11.1 Å². The van der Waals surface area contributed by atoms with Crippen LogP contribution in [0.4, 0.5) is 24.5 Å². The molecule has 0 bridgehead atoms. The lowest BCUT2D eigenvalue weighted by Gasteiger charge is -2.26. The minimum absolute atomic E-state index is 0.0111. The number of thiophene rings is 1. The van der Waals surface area contributed by atoms with Crippen molar-refractivity contribution < 1.29 is 22.8 Å². The third-order valence-corrected chi connectivity index (χ3v) is 7.06. The van der Waals surface area contributed by atoms with Crippen molar-refractivity contribution in [3.05, 3.63) is 51.5 Å². The molecule has 3 aromatic rings. The third kappa shape index (κ3) is 3.97. The van der Waals surface area contributed by atoms with Gasteiger partial charge in [0.05, 0.1) is 11.3 Å². The van der Waals surface area contributed by atoms with Gasteiger partial charge in [-0.05, 0) is 61.9 Å². The Morgan fingerprint density at radius 3 is 2.53 bits per heavy atom. The van der Waals surface area contributed by atoms with Crippen molar-refractivity contribution in [1.29, 1.82) is 0 Å². The molecule has 0 radical (unpaired) electrons. The Morgan fingerprint density at radius 1 is 1.25 bits per heavy atom. The number of fused-ring (bicyclic) bond motifs is 2. The SMILES string of the molecule is CC[C@H]1CCc2nc3sc(C(=O)Nc4ccc(C(C)=O)cc4)c(N)c3c(C(F)(F)F)c2C1. The van der Waals surface area contributed by atoms with Crippen LogP contribution in [-0.2, 0) is 19.0 Å². The van der Waals surface area contributed by atoms with Crippen molar-refractivity contribution >= 4 is 44.6 Å². The number of pyridine rings is 1. The predicted octanol–water partition coefficient (Wildman–Crippen LogP) is 5.87. The molecule has 1 aliphatic carbocycles. The van der Waals surface area contributed by atoms with Gasteiger partial charge in [0.2, 0.25) is 0 Å². The highest BCUT2D eigenvalue weighted by Gasteiger charge is 2.40. The van der Waals surface area contributed by atoms with Crippen LogP contribution in [0.15, 0.2) is 24.3 Å². The number of alkyl halides is 3. The average Bonchev–Trinajstić information content (AvgIpc) is 3.07. The van der Waals surface area contributed by atoms with Crippen molar-refractivity contribution in [3.8, 4) is 0 Å². The highest BCUT2D eigenvalue weighted by molar-refractivity contribution is 7.21. The first kappa shape index (κ1) is 22.3. The molecule has 0 spiro atoms. The molecule has 0 saturated carbocycles. The van der Waals surface area contributed by atoms with Crippen LogP contribution in [0.3, 0.4) is 0 Å². The number of anilines is 2. The van der Waals surface area contributed by atoms with Crippen molar-refractivity contribution in [2.45, 2.75) is 45.7 Å². The van der Waals surface area contributed by atoms with E-state index in [-0.39, 0.29) is 38.0 Å². The van der Waals surface area contributed by atoms with E-state index in [1.807, 2.05) is 6.92 Å². The van der Waals surface area contributed by atoms with Gasteiger partial charge in [-0.15, -0.1) is 11.3 Å². The first-order valence-corrected chi connectivity index (χ1v) is 11.1. The monoisotopic (exact) mass is 461 g/mol. The number of nitrogens with two attached hydrogens (primary N) is 1. The number of carbonyl (C=O) groups is 2. The van der Waals surface area contributed by atoms with Gasteiger partial charge >= 0.3 is 6.18 Å². The number of halogens is 3. The van der Waals surface area contributed by atoms with E-state index in [0.717, 1.165) is 24.2 Å². The quantitative estimate of drug-likeness (QED) is 0.476. The summed E-state index contributed by atoms with van der Waals surface area (Å²) in [7, 11) is 0. The predicted molar refractivity (Wildman–Crippen MR) is 119 cm³/mol. The fraction of sp³-hybridized carbons (Fsp3) is 0.348. The van der Waals surface area contributed by atoms with Crippen LogP contribution >= 0.6 is 11.3 Å². The molecule has 0 aliphatic heterocycles. The highest BCUT2D eigenvalue weighted by Crippen LogP contribution is 2.46. The molecule has 1 atom stereocenters. The smallest absolute Gasteiger partial charge is 0.397 e. The van der Waals surface area contributed by atoms with E-state index in [4.69, 9.17) is 5.73 Å². The zero-order valence-electron chi connectivity index (χ0n) is 17.6. The molecule has 0 fully saturated rings. The van der Waals surface area contributed by atoms with Crippen molar-refractivity contribution in [1.82, 2.24) is 4.98 Å². The summed E-state index contributed by atoms with van der Waals surface area (Å²) in [6.07, 6.45) is -2.22. The normalized spacial score (nSPS) is 16.1. The number of ketones is 1. The minimum atomic E-state index is -4.60. The van der Waals surface area contributed by atoms with E-state index in [1.54, 1.807) is 24.3 Å². The lowest BCUT2D eigenvalue weighted by atomic mass is 9.82. The molecule has 32 heavy (non-hydrogen) atoms. The zero-order valence-corrected chi connectivity index (χ0v) is 18.4. The Hall–Kier alpha value is -2.94. The number of aromatic nitrogens is 1. The summed E-state index contributed by atoms with van der Waals surface area (Å²) in [6.45, 7) is 3.40. The molecule has 0 saturated heterocycles. The number of nitrogen functional groups attached to an aromatic ring is 1. The Kier molecular flexibility index (Phi) is 5.70. The second-order valence-electron chi connectivity index (χ2n) is 8.04. The molecule has 0 unspecified atom stereocenters. The van der Waals surface area contributed by atoms with E-state index >= 15 is 0 Å². The van der Waals surface area contributed by atoms with Crippen LogP contribution in [0.5, 0.6) is 0 Å². The van der Waals surface area contributed by atoms with Gasteiger partial charge in [0.25, 0.3) is 5.91 Å². The van der Waals surface area contributed by atoms with Crippen LogP contribution in [0.2, 0.25) is 0 Å². The molecule has 5 nitrogen and oxygen atoms in total. The van der Waals surface area contributed by atoms with E-state index in [2.05, 4.69) is 10.3 Å². The van der Waals surface area contributed by atoms with Gasteiger partial charge in [0.15, 0.2) is 5.78 Å². The van der Waals surface area contributed by atoms with Gasteiger partial charge in [-0.1, -0.05) is 13.3 Å². The summed E-state index contributed by atoms with van der Waals surface area (Å²) < 4.78 is 42.5. The van der Waals surface area contributed by atoms with E-state index < -0.39 is 17.6 Å². The van der Waals surface area contributed by atoms with Gasteiger partial charge in [-0.2, -0.15) is 13.2 Å². The molecule has 2 heterocycles. The molecule has 1 aromatic carbocycles. The number of aryl methyl sites for hydroxylation is 1. The maximum absolute atomic E-state index is 14.2. The van der Waals surface area contributed by atoms with Crippen molar-refractivity contribution in [3.63, 3.8) is 0 Å². The lowest BCUT2D eigenvalue weighted by molar-refractivity contribution is -0.137. The number of hydrogen-bond donors (Lipinski definition) is 2. The largest absolute Gasteiger partial charge is 0.417 e. The number of amides is 1. The third-order valence-electron chi connectivity index (χ3n) is 5.96. The topological polar surface area (TPSA) is 85.1 Å². The fourth-order valence-electron chi connectivity index (χ4n) is 4.20.